The minimum Gasteiger partial charge on any atom is -0.381 e. The summed E-state index contributed by atoms with van der Waals surface area (Å²) in [5.74, 6) is 0. The summed E-state index contributed by atoms with van der Waals surface area (Å²) in [4.78, 5) is 13.7. The van der Waals surface area contributed by atoms with Gasteiger partial charge >= 0.3 is 6.03 Å². The van der Waals surface area contributed by atoms with Crippen molar-refractivity contribution in [2.75, 3.05) is 24.8 Å². The van der Waals surface area contributed by atoms with E-state index < -0.39 is 0 Å². The predicted molar refractivity (Wildman–Crippen MR) is 95.2 cm³/mol. The molecule has 0 unspecified atom stereocenters. The lowest BCUT2D eigenvalue weighted by Gasteiger charge is -2.39. The monoisotopic (exact) mass is 334 g/mol. The van der Waals surface area contributed by atoms with Crippen LogP contribution in [0.2, 0.25) is 0 Å². The van der Waals surface area contributed by atoms with Crippen molar-refractivity contribution >= 4 is 23.5 Å². The number of nitrogens with one attached hydrogen (secondary N) is 2. The number of hydrogen-bond donors (Lipinski definition) is 2. The molecule has 1 atom stereocenters. The second-order valence-corrected chi connectivity index (χ2v) is 7.52. The maximum Gasteiger partial charge on any atom is 0.319 e. The summed E-state index contributed by atoms with van der Waals surface area (Å²) >= 11 is 1.66. The summed E-state index contributed by atoms with van der Waals surface area (Å²) in [6.45, 7) is 3.69. The van der Waals surface area contributed by atoms with Gasteiger partial charge in [-0.1, -0.05) is 18.6 Å². The lowest BCUT2D eigenvalue weighted by Crippen LogP contribution is -2.48. The molecule has 1 heterocycles. The first kappa shape index (κ1) is 16.7. The summed E-state index contributed by atoms with van der Waals surface area (Å²) in [6.07, 6.45) is 7.66. The van der Waals surface area contributed by atoms with E-state index in [2.05, 4.69) is 10.6 Å². The van der Waals surface area contributed by atoms with Gasteiger partial charge in [0.2, 0.25) is 0 Å². The number of rotatable bonds is 3. The van der Waals surface area contributed by atoms with Gasteiger partial charge < -0.3 is 15.4 Å². The first-order valence-corrected chi connectivity index (χ1v) is 9.66. The molecule has 1 aliphatic carbocycles. The largest absolute Gasteiger partial charge is 0.381 e. The Balaban J connectivity index is 1.68. The molecule has 3 rings (SSSR count). The highest BCUT2D eigenvalue weighted by Gasteiger charge is 2.44. The van der Waals surface area contributed by atoms with Crippen LogP contribution in [0.4, 0.5) is 10.5 Å². The third kappa shape index (κ3) is 3.50. The van der Waals surface area contributed by atoms with E-state index in [1.165, 1.54) is 12.8 Å². The van der Waals surface area contributed by atoms with E-state index >= 15 is 0 Å². The van der Waals surface area contributed by atoms with Gasteiger partial charge in [-0.25, -0.2) is 4.79 Å². The van der Waals surface area contributed by atoms with Gasteiger partial charge in [0.25, 0.3) is 0 Å². The van der Waals surface area contributed by atoms with Crippen LogP contribution >= 0.6 is 11.8 Å². The molecule has 2 amide bonds. The number of anilines is 1. The normalized spacial score (nSPS) is 23.0. The first-order chi connectivity index (χ1) is 11.1. The summed E-state index contributed by atoms with van der Waals surface area (Å²) < 4.78 is 5.52. The minimum atomic E-state index is -0.0765. The van der Waals surface area contributed by atoms with Crippen molar-refractivity contribution < 1.29 is 9.53 Å². The van der Waals surface area contributed by atoms with E-state index in [1.54, 1.807) is 11.8 Å². The molecule has 0 aromatic heterocycles. The number of para-hydroxylation sites is 1. The third-order valence-electron chi connectivity index (χ3n) is 5.39. The number of urea groups is 1. The molecule has 1 saturated heterocycles. The molecule has 1 aromatic carbocycles. The Morgan fingerprint density at radius 1 is 1.30 bits per heavy atom. The molecule has 0 bridgehead atoms. The summed E-state index contributed by atoms with van der Waals surface area (Å²) in [7, 11) is 0. The zero-order valence-electron chi connectivity index (χ0n) is 14.0. The van der Waals surface area contributed by atoms with Crippen LogP contribution in [0.3, 0.4) is 0 Å². The number of benzene rings is 1. The molecule has 1 aliphatic heterocycles. The molecule has 2 aliphatic rings. The van der Waals surface area contributed by atoms with Crippen LogP contribution in [0.5, 0.6) is 0 Å². The molecule has 2 fully saturated rings. The number of hydrogen-bond acceptors (Lipinski definition) is 3. The van der Waals surface area contributed by atoms with Crippen LogP contribution in [-0.4, -0.2) is 31.5 Å². The first-order valence-electron chi connectivity index (χ1n) is 8.43. The van der Waals surface area contributed by atoms with Crippen molar-refractivity contribution in [1.82, 2.24) is 5.32 Å². The van der Waals surface area contributed by atoms with E-state index in [9.17, 15) is 4.79 Å². The Kier molecular flexibility index (Phi) is 5.17. The average Bonchev–Trinajstić information content (AvgIpc) is 2.92. The Bertz CT molecular complexity index is 570. The zero-order valence-corrected chi connectivity index (χ0v) is 14.8. The lowest BCUT2D eigenvalue weighted by atomic mass is 9.75. The maximum absolute atomic E-state index is 12.6. The molecule has 1 saturated carbocycles. The molecule has 23 heavy (non-hydrogen) atoms. The topological polar surface area (TPSA) is 50.4 Å². The second-order valence-electron chi connectivity index (χ2n) is 6.67. The molecule has 0 radical (unpaired) electrons. The van der Waals surface area contributed by atoms with Crippen molar-refractivity contribution in [3.05, 3.63) is 23.8 Å². The van der Waals surface area contributed by atoms with E-state index in [1.807, 2.05) is 31.4 Å². The van der Waals surface area contributed by atoms with Crippen molar-refractivity contribution in [2.45, 2.75) is 50.0 Å². The third-order valence-corrected chi connectivity index (χ3v) is 6.17. The number of ether oxygens (including phenoxy) is 1. The molecule has 1 aromatic rings. The van der Waals surface area contributed by atoms with Crippen LogP contribution in [0.15, 0.2) is 23.1 Å². The van der Waals surface area contributed by atoms with E-state index in [0.29, 0.717) is 0 Å². The van der Waals surface area contributed by atoms with Crippen LogP contribution in [0.25, 0.3) is 0 Å². The Hall–Kier alpha value is -1.20. The highest BCUT2D eigenvalue weighted by Crippen LogP contribution is 2.46. The Labute approximate surface area is 142 Å². The SMILES string of the molecule is CSc1cccc(C)c1NC(=O)N[C@@H]1CCCC12CCOCC2. The Morgan fingerprint density at radius 3 is 2.83 bits per heavy atom. The van der Waals surface area contributed by atoms with E-state index in [-0.39, 0.29) is 17.5 Å². The average molecular weight is 334 g/mol. The number of carbonyl (C=O) groups excluding carboxylic acids is 1. The highest BCUT2D eigenvalue weighted by atomic mass is 32.2. The van der Waals surface area contributed by atoms with Crippen LogP contribution in [0, 0.1) is 12.3 Å². The van der Waals surface area contributed by atoms with Crippen LogP contribution < -0.4 is 10.6 Å². The molecule has 4 nitrogen and oxygen atoms in total. The predicted octanol–water partition coefficient (Wildman–Crippen LogP) is 4.19. The second kappa shape index (κ2) is 7.14. The fourth-order valence-electron chi connectivity index (χ4n) is 4.02. The summed E-state index contributed by atoms with van der Waals surface area (Å²) in [5.41, 5.74) is 2.28. The van der Waals surface area contributed by atoms with Gasteiger partial charge in [0.05, 0.1) is 5.69 Å². The highest BCUT2D eigenvalue weighted by molar-refractivity contribution is 7.98. The van der Waals surface area contributed by atoms with Gasteiger partial charge in [0, 0.05) is 24.2 Å². The molecule has 5 heteroatoms. The van der Waals surface area contributed by atoms with Gasteiger partial charge in [-0.15, -0.1) is 11.8 Å². The number of carbonyl (C=O) groups is 1. The maximum atomic E-state index is 12.6. The van der Waals surface area contributed by atoms with Gasteiger partial charge in [0.15, 0.2) is 0 Å². The van der Waals surface area contributed by atoms with Crippen LogP contribution in [0.1, 0.15) is 37.7 Å². The number of amides is 2. The molecule has 126 valence electrons. The van der Waals surface area contributed by atoms with E-state index in [0.717, 1.165) is 48.6 Å². The van der Waals surface area contributed by atoms with Gasteiger partial charge in [-0.05, 0) is 55.9 Å². The van der Waals surface area contributed by atoms with Gasteiger partial charge in [-0.2, -0.15) is 0 Å². The standard InChI is InChI=1S/C18H26N2O2S/c1-13-5-3-6-14(23-2)16(13)20-17(21)19-15-7-4-8-18(15)9-11-22-12-10-18/h3,5-6,15H,4,7-12H2,1-2H3,(H2,19,20,21)/t15-/m1/s1. The van der Waals surface area contributed by atoms with Crippen molar-refractivity contribution in [1.29, 1.82) is 0 Å². The molecular weight excluding hydrogens is 308 g/mol. The van der Waals surface area contributed by atoms with Crippen LogP contribution in [-0.2, 0) is 4.74 Å². The van der Waals surface area contributed by atoms with Crippen molar-refractivity contribution in [3.8, 4) is 0 Å². The fourth-order valence-corrected chi connectivity index (χ4v) is 4.65. The fraction of sp³-hybridized carbons (Fsp3) is 0.611. The molecule has 1 spiro atoms. The van der Waals surface area contributed by atoms with Gasteiger partial charge in [0.1, 0.15) is 0 Å². The molecule has 2 N–H and O–H groups in total. The molecular formula is C18H26N2O2S. The van der Waals surface area contributed by atoms with Crippen molar-refractivity contribution in [2.24, 2.45) is 5.41 Å². The Morgan fingerprint density at radius 2 is 2.09 bits per heavy atom. The van der Waals surface area contributed by atoms with Gasteiger partial charge in [-0.3, -0.25) is 0 Å². The summed E-state index contributed by atoms with van der Waals surface area (Å²) in [6, 6.07) is 6.30. The number of aryl methyl sites for hydroxylation is 1. The van der Waals surface area contributed by atoms with Crippen molar-refractivity contribution in [3.63, 3.8) is 0 Å². The van der Waals surface area contributed by atoms with E-state index in [4.69, 9.17) is 4.74 Å². The lowest BCUT2D eigenvalue weighted by molar-refractivity contribution is 0.00652. The quantitative estimate of drug-likeness (QED) is 0.815. The number of thioether (sulfide) groups is 1. The zero-order chi connectivity index (χ0) is 16.3. The smallest absolute Gasteiger partial charge is 0.319 e. The minimum absolute atomic E-state index is 0.0765. The summed E-state index contributed by atoms with van der Waals surface area (Å²) in [5, 5.41) is 6.33.